The summed E-state index contributed by atoms with van der Waals surface area (Å²) in [6.45, 7) is 3.95. The Morgan fingerprint density at radius 3 is 2.94 bits per heavy atom. The van der Waals surface area contributed by atoms with Crippen LogP contribution in [-0.2, 0) is 0 Å². The number of halogens is 2. The van der Waals surface area contributed by atoms with Crippen molar-refractivity contribution in [1.29, 1.82) is 0 Å². The van der Waals surface area contributed by atoms with Crippen molar-refractivity contribution < 1.29 is 4.39 Å². The van der Waals surface area contributed by atoms with Crippen LogP contribution in [-0.4, -0.2) is 28.4 Å². The number of H-pyrrole nitrogens is 1. The van der Waals surface area contributed by atoms with Gasteiger partial charge in [0, 0.05) is 18.4 Å². The summed E-state index contributed by atoms with van der Waals surface area (Å²) in [4.78, 5) is 9.79. The lowest BCUT2D eigenvalue weighted by Crippen LogP contribution is -2.27. The van der Waals surface area contributed by atoms with Crippen LogP contribution in [0.4, 0.5) is 10.3 Å². The van der Waals surface area contributed by atoms with Gasteiger partial charge in [-0.3, -0.25) is 0 Å². The molecule has 3 nitrogen and oxygen atoms in total. The van der Waals surface area contributed by atoms with E-state index in [1.807, 2.05) is 0 Å². The Kier molecular flexibility index (Phi) is 3.99. The Morgan fingerprint density at radius 1 is 1.41 bits per heavy atom. The van der Waals surface area contributed by atoms with E-state index in [0.717, 1.165) is 41.8 Å². The van der Waals surface area contributed by atoms with Gasteiger partial charge in [-0.25, -0.2) is 9.37 Å². The molecule has 0 bridgehead atoms. The highest BCUT2D eigenvalue weighted by atomic mass is 79.9. The second-order valence-corrected chi connectivity index (χ2v) is 4.69. The minimum atomic E-state index is -0.241. The highest BCUT2D eigenvalue weighted by Crippen LogP contribution is 2.18. The Labute approximate surface area is 108 Å². The van der Waals surface area contributed by atoms with Crippen molar-refractivity contribution in [3.8, 4) is 0 Å². The summed E-state index contributed by atoms with van der Waals surface area (Å²) in [5.74, 6) is 0.571. The first kappa shape index (κ1) is 12.4. The number of nitrogens with zero attached hydrogens (tertiary/aromatic N) is 2. The Balaban J connectivity index is 2.33. The van der Waals surface area contributed by atoms with Crippen molar-refractivity contribution in [3.63, 3.8) is 0 Å². The number of hydrogen-bond acceptors (Lipinski definition) is 2. The SMILES string of the molecule is CCCN(CCBr)c1nc2ccc(F)cc2[nH]1. The third-order valence-electron chi connectivity index (χ3n) is 2.58. The summed E-state index contributed by atoms with van der Waals surface area (Å²) in [6, 6.07) is 4.61. The van der Waals surface area contributed by atoms with E-state index < -0.39 is 0 Å². The van der Waals surface area contributed by atoms with Crippen LogP contribution in [0, 0.1) is 5.82 Å². The molecule has 1 N–H and O–H groups in total. The number of imidazole rings is 1. The van der Waals surface area contributed by atoms with E-state index in [1.165, 1.54) is 12.1 Å². The monoisotopic (exact) mass is 299 g/mol. The summed E-state index contributed by atoms with van der Waals surface area (Å²) in [7, 11) is 0. The number of aromatic nitrogens is 2. The lowest BCUT2D eigenvalue weighted by Gasteiger charge is -2.19. The standard InChI is InChI=1S/C12H15BrFN3/c1-2-6-17(7-5-13)12-15-10-4-3-9(14)8-11(10)16-12/h3-4,8H,2,5-7H2,1H3,(H,15,16). The lowest BCUT2D eigenvalue weighted by molar-refractivity contribution is 0.629. The van der Waals surface area contributed by atoms with Crippen LogP contribution in [0.3, 0.4) is 0 Å². The van der Waals surface area contributed by atoms with E-state index in [4.69, 9.17) is 0 Å². The van der Waals surface area contributed by atoms with Gasteiger partial charge in [0.15, 0.2) is 0 Å². The summed E-state index contributed by atoms with van der Waals surface area (Å²) in [6.07, 6.45) is 1.05. The fourth-order valence-electron chi connectivity index (χ4n) is 1.81. The first-order valence-corrected chi connectivity index (χ1v) is 6.83. The number of aromatic amines is 1. The van der Waals surface area contributed by atoms with Gasteiger partial charge in [-0.05, 0) is 24.6 Å². The van der Waals surface area contributed by atoms with Gasteiger partial charge in [0.05, 0.1) is 11.0 Å². The molecule has 0 unspecified atom stereocenters. The van der Waals surface area contributed by atoms with E-state index in [0.29, 0.717) is 0 Å². The highest BCUT2D eigenvalue weighted by Gasteiger charge is 2.10. The van der Waals surface area contributed by atoms with Crippen LogP contribution < -0.4 is 4.90 Å². The Morgan fingerprint density at radius 2 is 2.24 bits per heavy atom. The summed E-state index contributed by atoms with van der Waals surface area (Å²) < 4.78 is 13.1. The van der Waals surface area contributed by atoms with E-state index in [2.05, 4.69) is 37.7 Å². The van der Waals surface area contributed by atoms with Gasteiger partial charge in [-0.1, -0.05) is 22.9 Å². The third kappa shape index (κ3) is 2.77. The summed E-state index contributed by atoms with van der Waals surface area (Å²) in [5, 5.41) is 0.887. The molecule has 0 fully saturated rings. The molecule has 0 radical (unpaired) electrons. The van der Waals surface area contributed by atoms with Crippen LogP contribution in [0.25, 0.3) is 11.0 Å². The number of benzene rings is 1. The smallest absolute Gasteiger partial charge is 0.203 e. The highest BCUT2D eigenvalue weighted by molar-refractivity contribution is 9.09. The zero-order valence-corrected chi connectivity index (χ0v) is 11.3. The number of hydrogen-bond donors (Lipinski definition) is 1. The molecule has 1 aromatic carbocycles. The van der Waals surface area contributed by atoms with Crippen molar-refractivity contribution in [2.45, 2.75) is 13.3 Å². The molecule has 0 saturated heterocycles. The minimum absolute atomic E-state index is 0.241. The van der Waals surface area contributed by atoms with Crippen LogP contribution in [0.1, 0.15) is 13.3 Å². The van der Waals surface area contributed by atoms with Gasteiger partial charge >= 0.3 is 0 Å². The van der Waals surface area contributed by atoms with Crippen molar-refractivity contribution in [2.24, 2.45) is 0 Å². The summed E-state index contributed by atoms with van der Waals surface area (Å²) in [5.41, 5.74) is 1.55. The van der Waals surface area contributed by atoms with Crippen LogP contribution >= 0.6 is 15.9 Å². The molecule has 1 heterocycles. The van der Waals surface area contributed by atoms with Crippen molar-refractivity contribution in [3.05, 3.63) is 24.0 Å². The second kappa shape index (κ2) is 5.49. The maximum absolute atomic E-state index is 13.1. The Bertz CT molecular complexity index is 491. The molecule has 2 rings (SSSR count). The molecule has 0 spiro atoms. The lowest BCUT2D eigenvalue weighted by atomic mass is 10.3. The third-order valence-corrected chi connectivity index (χ3v) is 2.93. The predicted octanol–water partition coefficient (Wildman–Crippen LogP) is 3.31. The van der Waals surface area contributed by atoms with E-state index >= 15 is 0 Å². The largest absolute Gasteiger partial charge is 0.342 e. The molecule has 1 aromatic heterocycles. The molecule has 0 aliphatic heterocycles. The first-order valence-electron chi connectivity index (χ1n) is 5.70. The number of rotatable bonds is 5. The van der Waals surface area contributed by atoms with Crippen LogP contribution in [0.15, 0.2) is 18.2 Å². The normalized spacial score (nSPS) is 11.0. The average Bonchev–Trinajstić information content (AvgIpc) is 2.71. The summed E-state index contributed by atoms with van der Waals surface area (Å²) >= 11 is 3.43. The van der Waals surface area contributed by atoms with Crippen molar-refractivity contribution >= 4 is 32.9 Å². The molecule has 0 saturated carbocycles. The number of alkyl halides is 1. The minimum Gasteiger partial charge on any atom is -0.342 e. The van der Waals surface area contributed by atoms with Crippen molar-refractivity contribution in [2.75, 3.05) is 23.3 Å². The number of nitrogens with one attached hydrogen (secondary N) is 1. The zero-order valence-electron chi connectivity index (χ0n) is 9.71. The molecular weight excluding hydrogens is 285 g/mol. The molecule has 0 aliphatic rings. The topological polar surface area (TPSA) is 31.9 Å². The second-order valence-electron chi connectivity index (χ2n) is 3.90. The maximum atomic E-state index is 13.1. The quantitative estimate of drug-likeness (QED) is 0.859. The molecular formula is C12H15BrFN3. The molecule has 5 heteroatoms. The fraction of sp³-hybridized carbons (Fsp3) is 0.417. The molecule has 0 aliphatic carbocycles. The van der Waals surface area contributed by atoms with Crippen LogP contribution in [0.5, 0.6) is 0 Å². The zero-order chi connectivity index (χ0) is 12.3. The fourth-order valence-corrected chi connectivity index (χ4v) is 2.24. The van der Waals surface area contributed by atoms with Crippen molar-refractivity contribution in [1.82, 2.24) is 9.97 Å². The maximum Gasteiger partial charge on any atom is 0.203 e. The molecule has 2 aromatic rings. The first-order chi connectivity index (χ1) is 8.24. The van der Waals surface area contributed by atoms with Gasteiger partial charge < -0.3 is 9.88 Å². The van der Waals surface area contributed by atoms with Gasteiger partial charge in [0.2, 0.25) is 5.95 Å². The van der Waals surface area contributed by atoms with Gasteiger partial charge in [-0.15, -0.1) is 0 Å². The van der Waals surface area contributed by atoms with E-state index in [-0.39, 0.29) is 5.82 Å². The Hall–Kier alpha value is -1.10. The molecule has 0 amide bonds. The molecule has 17 heavy (non-hydrogen) atoms. The van der Waals surface area contributed by atoms with E-state index in [1.54, 1.807) is 6.07 Å². The van der Waals surface area contributed by atoms with Gasteiger partial charge in [0.25, 0.3) is 0 Å². The van der Waals surface area contributed by atoms with E-state index in [9.17, 15) is 4.39 Å². The molecule has 0 atom stereocenters. The molecule has 92 valence electrons. The number of fused-ring (bicyclic) bond motifs is 1. The van der Waals surface area contributed by atoms with Gasteiger partial charge in [0.1, 0.15) is 5.82 Å². The average molecular weight is 300 g/mol. The van der Waals surface area contributed by atoms with Crippen LogP contribution in [0.2, 0.25) is 0 Å². The number of anilines is 1. The van der Waals surface area contributed by atoms with Gasteiger partial charge in [-0.2, -0.15) is 0 Å². The predicted molar refractivity (Wildman–Crippen MR) is 72.3 cm³/mol.